The molecule has 4 aromatic rings. The van der Waals surface area contributed by atoms with E-state index < -0.39 is 0 Å². The topological polar surface area (TPSA) is 63.2 Å². The maximum atomic E-state index is 13.0. The van der Waals surface area contributed by atoms with Crippen LogP contribution in [0.5, 0.6) is 5.75 Å². The van der Waals surface area contributed by atoms with Crippen molar-refractivity contribution in [3.63, 3.8) is 0 Å². The van der Waals surface area contributed by atoms with Crippen LogP contribution in [0.2, 0.25) is 10.0 Å². The number of para-hydroxylation sites is 1. The molecule has 0 saturated heterocycles. The van der Waals surface area contributed by atoms with Crippen molar-refractivity contribution in [3.8, 4) is 16.3 Å². The summed E-state index contributed by atoms with van der Waals surface area (Å²) in [5.41, 5.74) is 2.85. The largest absolute Gasteiger partial charge is 0.482 e. The molecule has 9 heteroatoms. The summed E-state index contributed by atoms with van der Waals surface area (Å²) in [4.78, 5) is 19.1. The molecule has 182 valence electrons. The molecular formula is C26H25Cl2N3O2S2. The van der Waals surface area contributed by atoms with Gasteiger partial charge in [0.15, 0.2) is 6.61 Å². The van der Waals surface area contributed by atoms with Gasteiger partial charge in [0.25, 0.3) is 5.91 Å². The second-order valence-electron chi connectivity index (χ2n) is 9.82. The summed E-state index contributed by atoms with van der Waals surface area (Å²) in [5, 5.41) is 9.42. The summed E-state index contributed by atoms with van der Waals surface area (Å²) in [6.45, 7) is 8.61. The van der Waals surface area contributed by atoms with Crippen molar-refractivity contribution in [1.29, 1.82) is 0 Å². The van der Waals surface area contributed by atoms with Crippen LogP contribution in [0.4, 0.5) is 5.00 Å². The van der Waals surface area contributed by atoms with Crippen LogP contribution in [-0.4, -0.2) is 23.0 Å². The number of aromatic nitrogens is 1. The third-order valence-electron chi connectivity index (χ3n) is 5.86. The molecule has 2 N–H and O–H groups in total. The highest BCUT2D eigenvalue weighted by molar-refractivity contribution is 7.23. The zero-order chi connectivity index (χ0) is 25.0. The van der Waals surface area contributed by atoms with Crippen molar-refractivity contribution in [1.82, 2.24) is 10.3 Å². The fraction of sp³-hybridized carbons (Fsp3) is 0.308. The number of rotatable bonds is 5. The van der Waals surface area contributed by atoms with E-state index >= 15 is 0 Å². The number of halogens is 2. The van der Waals surface area contributed by atoms with Gasteiger partial charge in [-0.1, -0.05) is 35.3 Å². The summed E-state index contributed by atoms with van der Waals surface area (Å²) in [6, 6.07) is 13.0. The van der Waals surface area contributed by atoms with Crippen molar-refractivity contribution in [2.45, 2.75) is 45.2 Å². The molecule has 0 radical (unpaired) electrons. The Bertz CT molecular complexity index is 1410. The Labute approximate surface area is 222 Å². The van der Waals surface area contributed by atoms with E-state index in [0.717, 1.165) is 32.2 Å². The third-order valence-corrected chi connectivity index (χ3v) is 8.91. The van der Waals surface area contributed by atoms with Crippen molar-refractivity contribution in [2.24, 2.45) is 0 Å². The van der Waals surface area contributed by atoms with Crippen molar-refractivity contribution >= 4 is 67.0 Å². The third kappa shape index (κ3) is 4.93. The predicted octanol–water partition coefficient (Wildman–Crippen LogP) is 7.51. The smallest absolute Gasteiger partial charge is 0.262 e. The first-order chi connectivity index (χ1) is 16.5. The van der Waals surface area contributed by atoms with Crippen LogP contribution in [0.15, 0.2) is 42.5 Å². The Morgan fingerprint density at radius 1 is 1.14 bits per heavy atom. The van der Waals surface area contributed by atoms with Gasteiger partial charge in [-0.3, -0.25) is 4.79 Å². The number of anilines is 1. The minimum Gasteiger partial charge on any atom is -0.482 e. The number of carbonyl (C=O) groups excluding carboxylic acids is 1. The van der Waals surface area contributed by atoms with Gasteiger partial charge in [-0.25, -0.2) is 4.98 Å². The fourth-order valence-electron chi connectivity index (χ4n) is 4.72. The van der Waals surface area contributed by atoms with Gasteiger partial charge in [0.05, 0.1) is 15.2 Å². The summed E-state index contributed by atoms with van der Waals surface area (Å²) in [7, 11) is 0. The number of ether oxygens (including phenoxy) is 1. The predicted molar refractivity (Wildman–Crippen MR) is 147 cm³/mol. The first kappa shape index (κ1) is 24.5. The molecule has 0 unspecified atom stereocenters. The van der Waals surface area contributed by atoms with Gasteiger partial charge < -0.3 is 15.4 Å². The zero-order valence-corrected chi connectivity index (χ0v) is 22.9. The molecule has 0 atom stereocenters. The highest BCUT2D eigenvalue weighted by Gasteiger charge is 2.41. The molecule has 0 spiro atoms. The number of thiophene rings is 1. The van der Waals surface area contributed by atoms with Gasteiger partial charge in [-0.15, -0.1) is 22.7 Å². The monoisotopic (exact) mass is 545 g/mol. The second-order valence-corrected chi connectivity index (χ2v) is 12.7. The number of amides is 1. The maximum Gasteiger partial charge on any atom is 0.262 e. The molecule has 5 nitrogen and oxygen atoms in total. The van der Waals surface area contributed by atoms with E-state index in [1.54, 1.807) is 40.9 Å². The molecule has 1 aliphatic heterocycles. The summed E-state index contributed by atoms with van der Waals surface area (Å²) in [5.74, 6) is 0.150. The van der Waals surface area contributed by atoms with Crippen molar-refractivity contribution in [3.05, 3.63) is 63.0 Å². The lowest BCUT2D eigenvalue weighted by Crippen LogP contribution is -2.54. The standard InChI is InChI=1S/C26H25Cl2N3O2S2/c1-25(2)12-15-21(23-29-17-7-5-6-8-19(17)34-23)24(35-22(15)26(3,4)31-25)30-20(32)13-33-18-10-9-14(27)11-16(18)28/h5-11,31H,12-13H2,1-4H3,(H,30,32). The van der Waals surface area contributed by atoms with E-state index in [1.807, 2.05) is 18.2 Å². The molecule has 0 bridgehead atoms. The van der Waals surface area contributed by atoms with E-state index in [0.29, 0.717) is 15.8 Å². The number of fused-ring (bicyclic) bond motifs is 2. The van der Waals surface area contributed by atoms with E-state index in [-0.39, 0.29) is 23.6 Å². The molecule has 2 aromatic heterocycles. The highest BCUT2D eigenvalue weighted by atomic mass is 35.5. The number of hydrogen-bond acceptors (Lipinski definition) is 6. The van der Waals surface area contributed by atoms with Gasteiger partial charge in [0.1, 0.15) is 15.8 Å². The zero-order valence-electron chi connectivity index (χ0n) is 19.8. The van der Waals surface area contributed by atoms with Crippen LogP contribution in [0.1, 0.15) is 38.1 Å². The van der Waals surface area contributed by atoms with E-state index in [2.05, 4.69) is 44.4 Å². The number of carbonyl (C=O) groups is 1. The molecule has 0 saturated carbocycles. The van der Waals surface area contributed by atoms with Crippen LogP contribution >= 0.6 is 45.9 Å². The molecule has 2 aromatic carbocycles. The van der Waals surface area contributed by atoms with Crippen LogP contribution in [0.25, 0.3) is 20.8 Å². The number of nitrogens with zero attached hydrogens (tertiary/aromatic N) is 1. The number of hydrogen-bond donors (Lipinski definition) is 2. The minimum absolute atomic E-state index is 0.0985. The van der Waals surface area contributed by atoms with Crippen molar-refractivity contribution in [2.75, 3.05) is 11.9 Å². The van der Waals surface area contributed by atoms with Gasteiger partial charge in [0.2, 0.25) is 0 Å². The Morgan fingerprint density at radius 2 is 1.91 bits per heavy atom. The molecular weight excluding hydrogens is 521 g/mol. The molecule has 5 rings (SSSR count). The summed E-state index contributed by atoms with van der Waals surface area (Å²) < 4.78 is 6.79. The van der Waals surface area contributed by atoms with Gasteiger partial charge in [-0.05, 0) is 70.0 Å². The maximum absolute atomic E-state index is 13.0. The lowest BCUT2D eigenvalue weighted by Gasteiger charge is -2.42. The lowest BCUT2D eigenvalue weighted by molar-refractivity contribution is -0.118. The van der Waals surface area contributed by atoms with Crippen LogP contribution in [-0.2, 0) is 16.8 Å². The SMILES string of the molecule is CC1(C)Cc2c(sc(NC(=O)COc3ccc(Cl)cc3Cl)c2-c2nc3ccccc3s2)C(C)(C)N1. The van der Waals surface area contributed by atoms with Gasteiger partial charge in [0, 0.05) is 26.5 Å². The molecule has 1 amide bonds. The normalized spacial score (nSPS) is 16.2. The highest BCUT2D eigenvalue weighted by Crippen LogP contribution is 2.50. The quantitative estimate of drug-likeness (QED) is 0.272. The van der Waals surface area contributed by atoms with E-state index in [9.17, 15) is 4.79 Å². The Morgan fingerprint density at radius 3 is 2.66 bits per heavy atom. The number of nitrogens with one attached hydrogen (secondary N) is 2. The minimum atomic E-state index is -0.262. The first-order valence-corrected chi connectivity index (χ1v) is 13.6. The first-order valence-electron chi connectivity index (χ1n) is 11.2. The lowest BCUT2D eigenvalue weighted by atomic mass is 9.81. The number of benzene rings is 2. The average Bonchev–Trinajstić information content (AvgIpc) is 3.33. The number of thiazole rings is 1. The molecule has 0 fully saturated rings. The van der Waals surface area contributed by atoms with Crippen LogP contribution in [0.3, 0.4) is 0 Å². The van der Waals surface area contributed by atoms with E-state index in [1.165, 1.54) is 10.4 Å². The van der Waals surface area contributed by atoms with E-state index in [4.69, 9.17) is 32.9 Å². The van der Waals surface area contributed by atoms with Gasteiger partial charge >= 0.3 is 0 Å². The summed E-state index contributed by atoms with van der Waals surface area (Å²) in [6.07, 6.45) is 0.834. The van der Waals surface area contributed by atoms with Gasteiger partial charge in [-0.2, -0.15) is 0 Å². The van der Waals surface area contributed by atoms with Crippen LogP contribution < -0.4 is 15.4 Å². The van der Waals surface area contributed by atoms with Crippen LogP contribution in [0, 0.1) is 0 Å². The fourth-order valence-corrected chi connectivity index (χ4v) is 7.59. The molecule has 1 aliphatic rings. The molecule has 3 heterocycles. The summed E-state index contributed by atoms with van der Waals surface area (Å²) >= 11 is 15.4. The van der Waals surface area contributed by atoms with Crippen molar-refractivity contribution < 1.29 is 9.53 Å². The molecule has 35 heavy (non-hydrogen) atoms. The Hall–Kier alpha value is -2.16. The second kappa shape index (κ2) is 9.05. The average molecular weight is 547 g/mol. The Kier molecular flexibility index (Phi) is 6.34. The Balaban J connectivity index is 1.51. The molecule has 0 aliphatic carbocycles.